The molecule has 0 radical (unpaired) electrons. The van der Waals surface area contributed by atoms with Crippen molar-refractivity contribution >= 4 is 28.6 Å². The van der Waals surface area contributed by atoms with Crippen molar-refractivity contribution in [1.82, 2.24) is 15.0 Å². The van der Waals surface area contributed by atoms with Crippen LogP contribution in [0.1, 0.15) is 10.5 Å². The lowest BCUT2D eigenvalue weighted by Gasteiger charge is -1.99. The molecule has 1 heterocycles. The van der Waals surface area contributed by atoms with Crippen molar-refractivity contribution in [2.45, 2.75) is 0 Å². The van der Waals surface area contributed by atoms with Crippen LogP contribution < -0.4 is 0 Å². The van der Waals surface area contributed by atoms with Gasteiger partial charge in [0.2, 0.25) is 0 Å². The molecule has 0 aliphatic heterocycles. The van der Waals surface area contributed by atoms with Gasteiger partial charge in [-0.25, -0.2) is 9.48 Å². The van der Waals surface area contributed by atoms with E-state index in [1.165, 1.54) is 4.68 Å². The van der Waals surface area contributed by atoms with Gasteiger partial charge in [-0.05, 0) is 34.7 Å². The van der Waals surface area contributed by atoms with E-state index in [9.17, 15) is 4.79 Å². The molecule has 0 atom stereocenters. The fourth-order valence-corrected chi connectivity index (χ4v) is 1.76. The Morgan fingerprint density at radius 2 is 2.00 bits per heavy atom. The molecule has 5 nitrogen and oxygen atoms in total. The first-order chi connectivity index (χ1) is 7.59. The molecule has 0 spiro atoms. The highest BCUT2D eigenvalue weighted by molar-refractivity contribution is 14.1. The molecule has 0 bridgehead atoms. The molecule has 0 aliphatic rings. The number of halogens is 1. The summed E-state index contributed by atoms with van der Waals surface area (Å²) in [6.45, 7) is 0. The first-order valence-electron chi connectivity index (χ1n) is 4.48. The van der Waals surface area contributed by atoms with Gasteiger partial charge in [0.05, 0.1) is 0 Å². The summed E-state index contributed by atoms with van der Waals surface area (Å²) in [5.41, 5.74) is 1.25. The quantitative estimate of drug-likeness (QED) is 0.853. The van der Waals surface area contributed by atoms with Gasteiger partial charge in [0.15, 0.2) is 5.69 Å². The molecule has 1 aromatic heterocycles. The van der Waals surface area contributed by atoms with E-state index in [2.05, 4.69) is 32.9 Å². The highest BCUT2D eigenvalue weighted by atomic mass is 127. The van der Waals surface area contributed by atoms with Crippen LogP contribution in [0, 0.1) is 3.57 Å². The minimum absolute atomic E-state index is 0.0983. The van der Waals surface area contributed by atoms with Crippen molar-refractivity contribution in [3.8, 4) is 11.3 Å². The van der Waals surface area contributed by atoms with E-state index in [1.807, 2.05) is 24.3 Å². The molecule has 0 unspecified atom stereocenters. The van der Waals surface area contributed by atoms with Crippen molar-refractivity contribution in [3.05, 3.63) is 33.5 Å². The Kier molecular flexibility index (Phi) is 2.90. The van der Waals surface area contributed by atoms with Gasteiger partial charge in [0, 0.05) is 16.2 Å². The Labute approximate surface area is 105 Å². The zero-order valence-corrected chi connectivity index (χ0v) is 10.5. The number of hydrogen-bond donors (Lipinski definition) is 1. The second-order valence-electron chi connectivity index (χ2n) is 3.22. The van der Waals surface area contributed by atoms with Gasteiger partial charge in [-0.1, -0.05) is 17.3 Å². The number of aromatic carboxylic acids is 1. The van der Waals surface area contributed by atoms with E-state index < -0.39 is 5.97 Å². The molecule has 1 aromatic carbocycles. The van der Waals surface area contributed by atoms with Crippen molar-refractivity contribution in [2.75, 3.05) is 0 Å². The lowest BCUT2D eigenvalue weighted by atomic mass is 10.1. The number of carboxylic acid groups (broad SMARTS) is 1. The number of carboxylic acids is 1. The van der Waals surface area contributed by atoms with Crippen LogP contribution in [0.4, 0.5) is 0 Å². The highest BCUT2D eigenvalue weighted by Crippen LogP contribution is 2.21. The van der Waals surface area contributed by atoms with Gasteiger partial charge in [-0.2, -0.15) is 0 Å². The summed E-state index contributed by atoms with van der Waals surface area (Å²) in [5.74, 6) is -1.03. The van der Waals surface area contributed by atoms with Crippen molar-refractivity contribution in [1.29, 1.82) is 0 Å². The van der Waals surface area contributed by atoms with Crippen LogP contribution in [0.3, 0.4) is 0 Å². The first kappa shape index (κ1) is 11.1. The molecule has 16 heavy (non-hydrogen) atoms. The third-order valence-corrected chi connectivity index (χ3v) is 2.87. The summed E-state index contributed by atoms with van der Waals surface area (Å²) >= 11 is 2.19. The number of nitrogens with zero attached hydrogens (tertiary/aromatic N) is 3. The van der Waals surface area contributed by atoms with Crippen LogP contribution in [0.2, 0.25) is 0 Å². The van der Waals surface area contributed by atoms with E-state index in [4.69, 9.17) is 5.11 Å². The number of rotatable bonds is 2. The van der Waals surface area contributed by atoms with Crippen LogP contribution in [-0.2, 0) is 7.05 Å². The maximum atomic E-state index is 11.0. The minimum Gasteiger partial charge on any atom is -0.476 e. The van der Waals surface area contributed by atoms with E-state index in [-0.39, 0.29) is 5.69 Å². The van der Waals surface area contributed by atoms with Crippen LogP contribution in [0.5, 0.6) is 0 Å². The summed E-state index contributed by atoms with van der Waals surface area (Å²) in [7, 11) is 1.56. The monoisotopic (exact) mass is 329 g/mol. The number of carbonyl (C=O) groups is 1. The molecule has 0 fully saturated rings. The van der Waals surface area contributed by atoms with E-state index in [0.29, 0.717) is 5.69 Å². The predicted octanol–water partition coefficient (Wildman–Crippen LogP) is 1.78. The third kappa shape index (κ3) is 1.92. The normalized spacial score (nSPS) is 10.4. The van der Waals surface area contributed by atoms with E-state index in [1.54, 1.807) is 7.05 Å². The average Bonchev–Trinajstić information content (AvgIpc) is 2.61. The summed E-state index contributed by atoms with van der Waals surface area (Å²) in [4.78, 5) is 11.0. The smallest absolute Gasteiger partial charge is 0.356 e. The largest absolute Gasteiger partial charge is 0.476 e. The Balaban J connectivity index is 2.56. The van der Waals surface area contributed by atoms with E-state index in [0.717, 1.165) is 9.13 Å². The van der Waals surface area contributed by atoms with Gasteiger partial charge >= 0.3 is 5.97 Å². The summed E-state index contributed by atoms with van der Waals surface area (Å²) in [5, 5.41) is 16.6. The van der Waals surface area contributed by atoms with Crippen molar-refractivity contribution in [3.63, 3.8) is 0 Å². The van der Waals surface area contributed by atoms with Crippen LogP contribution in [-0.4, -0.2) is 26.1 Å². The number of benzene rings is 1. The maximum Gasteiger partial charge on any atom is 0.356 e. The number of aromatic nitrogens is 3. The topological polar surface area (TPSA) is 68.0 Å². The SMILES string of the molecule is Cn1nnc(-c2ccc(I)cc2)c1C(=O)O. The molecule has 1 N–H and O–H groups in total. The Morgan fingerprint density at radius 3 is 2.56 bits per heavy atom. The van der Waals surface area contributed by atoms with Crippen LogP contribution in [0.25, 0.3) is 11.3 Å². The molecule has 0 saturated carbocycles. The van der Waals surface area contributed by atoms with Crippen molar-refractivity contribution in [2.24, 2.45) is 7.05 Å². The second-order valence-corrected chi connectivity index (χ2v) is 4.47. The molecule has 2 rings (SSSR count). The highest BCUT2D eigenvalue weighted by Gasteiger charge is 2.18. The summed E-state index contributed by atoms with van der Waals surface area (Å²) in [6, 6.07) is 7.46. The fraction of sp³-hybridized carbons (Fsp3) is 0.100. The van der Waals surface area contributed by atoms with Gasteiger partial charge in [-0.15, -0.1) is 5.10 Å². The first-order valence-corrected chi connectivity index (χ1v) is 5.56. The molecule has 82 valence electrons. The van der Waals surface area contributed by atoms with E-state index >= 15 is 0 Å². The zero-order valence-electron chi connectivity index (χ0n) is 8.38. The minimum atomic E-state index is -1.03. The molecule has 0 aliphatic carbocycles. The second kappa shape index (κ2) is 4.20. The Bertz CT molecular complexity index is 533. The van der Waals surface area contributed by atoms with Gasteiger partial charge in [0.1, 0.15) is 5.69 Å². The lowest BCUT2D eigenvalue weighted by Crippen LogP contribution is -2.06. The Hall–Kier alpha value is -1.44. The average molecular weight is 329 g/mol. The lowest BCUT2D eigenvalue weighted by molar-refractivity contribution is 0.0686. The predicted molar refractivity (Wildman–Crippen MR) is 66.1 cm³/mol. The third-order valence-electron chi connectivity index (χ3n) is 2.15. The number of hydrogen-bond acceptors (Lipinski definition) is 3. The van der Waals surface area contributed by atoms with Gasteiger partial charge in [-0.3, -0.25) is 0 Å². The standard InChI is InChI=1S/C10H8IN3O2/c1-14-9(10(15)16)8(12-13-14)6-2-4-7(11)5-3-6/h2-5H,1H3,(H,15,16). The molecular formula is C10H8IN3O2. The Morgan fingerprint density at radius 1 is 1.38 bits per heavy atom. The molecule has 0 saturated heterocycles. The van der Waals surface area contributed by atoms with Crippen LogP contribution in [0.15, 0.2) is 24.3 Å². The molecule has 0 amide bonds. The van der Waals surface area contributed by atoms with Gasteiger partial charge < -0.3 is 5.11 Å². The fourth-order valence-electron chi connectivity index (χ4n) is 1.40. The molecule has 2 aromatic rings. The summed E-state index contributed by atoms with van der Waals surface area (Å²) in [6.07, 6.45) is 0. The van der Waals surface area contributed by atoms with Gasteiger partial charge in [0.25, 0.3) is 0 Å². The zero-order chi connectivity index (χ0) is 11.7. The molecular weight excluding hydrogens is 321 g/mol. The molecule has 6 heteroatoms. The van der Waals surface area contributed by atoms with Crippen molar-refractivity contribution < 1.29 is 9.90 Å². The summed E-state index contributed by atoms with van der Waals surface area (Å²) < 4.78 is 2.34. The van der Waals surface area contributed by atoms with Crippen LogP contribution >= 0.6 is 22.6 Å². The number of aryl methyl sites for hydroxylation is 1. The maximum absolute atomic E-state index is 11.0.